The minimum absolute atomic E-state index is 0.378. The Bertz CT molecular complexity index is 1210. The molecule has 2 aliphatic rings. The van der Waals surface area contributed by atoms with Gasteiger partial charge >= 0.3 is 0 Å². The molecule has 0 bridgehead atoms. The molecule has 5 rings (SSSR count). The summed E-state index contributed by atoms with van der Waals surface area (Å²) >= 11 is 0. The Morgan fingerprint density at radius 3 is 2.28 bits per heavy atom. The summed E-state index contributed by atoms with van der Waals surface area (Å²) in [5, 5.41) is 1.70. The molecule has 32 heavy (non-hydrogen) atoms. The number of hydrogen-bond donors (Lipinski definition) is 0. The maximum Gasteiger partial charge on any atom is 0.243 e. The second-order valence-electron chi connectivity index (χ2n) is 8.58. The van der Waals surface area contributed by atoms with Crippen molar-refractivity contribution in [3.8, 4) is 0 Å². The van der Waals surface area contributed by atoms with Crippen LogP contribution in [0.25, 0.3) is 10.8 Å². The number of fused-ring (bicyclic) bond motifs is 1. The average molecular weight is 452 g/mol. The molecule has 0 N–H and O–H groups in total. The van der Waals surface area contributed by atoms with Crippen LogP contribution in [0.4, 0.5) is 11.8 Å². The lowest BCUT2D eigenvalue weighted by Crippen LogP contribution is -2.49. The van der Waals surface area contributed by atoms with Gasteiger partial charge in [-0.3, -0.25) is 0 Å². The molecule has 0 spiro atoms. The molecule has 0 unspecified atom stereocenters. The van der Waals surface area contributed by atoms with Crippen molar-refractivity contribution in [3.05, 3.63) is 54.2 Å². The van der Waals surface area contributed by atoms with Crippen molar-refractivity contribution in [2.24, 2.45) is 0 Å². The molecule has 0 saturated carbocycles. The molecule has 2 fully saturated rings. The van der Waals surface area contributed by atoms with Crippen LogP contribution >= 0.6 is 0 Å². The van der Waals surface area contributed by atoms with E-state index in [9.17, 15) is 8.42 Å². The van der Waals surface area contributed by atoms with Crippen LogP contribution < -0.4 is 9.80 Å². The third kappa shape index (κ3) is 4.04. The number of aryl methyl sites for hydroxylation is 1. The van der Waals surface area contributed by atoms with E-state index in [0.29, 0.717) is 37.0 Å². The van der Waals surface area contributed by atoms with Crippen LogP contribution in [0.1, 0.15) is 25.0 Å². The molecule has 7 nitrogen and oxygen atoms in total. The zero-order valence-electron chi connectivity index (χ0n) is 18.4. The summed E-state index contributed by atoms with van der Waals surface area (Å²) in [6.07, 6.45) is 3.67. The predicted molar refractivity (Wildman–Crippen MR) is 128 cm³/mol. The lowest BCUT2D eigenvalue weighted by molar-refractivity contribution is 0.383. The van der Waals surface area contributed by atoms with Crippen LogP contribution in [0.5, 0.6) is 0 Å². The molecule has 3 aromatic rings. The third-order valence-corrected chi connectivity index (χ3v) is 8.35. The molecular formula is C24H29N5O2S. The summed E-state index contributed by atoms with van der Waals surface area (Å²) < 4.78 is 28.4. The molecule has 0 atom stereocenters. The second-order valence-corrected chi connectivity index (χ2v) is 10.5. The minimum Gasteiger partial charge on any atom is -0.356 e. The Morgan fingerprint density at radius 2 is 1.50 bits per heavy atom. The maximum absolute atomic E-state index is 13.4. The zero-order chi connectivity index (χ0) is 22.1. The van der Waals surface area contributed by atoms with Crippen molar-refractivity contribution in [3.63, 3.8) is 0 Å². The Labute approximate surface area is 189 Å². The molecule has 168 valence electrons. The summed E-state index contributed by atoms with van der Waals surface area (Å²) in [4.78, 5) is 14.3. The largest absolute Gasteiger partial charge is 0.356 e. The summed E-state index contributed by atoms with van der Waals surface area (Å²) in [7, 11) is -3.57. The number of anilines is 2. The van der Waals surface area contributed by atoms with Gasteiger partial charge in [-0.1, -0.05) is 36.4 Å². The number of piperidine rings is 1. The first-order chi connectivity index (χ1) is 15.5. The molecule has 0 aliphatic carbocycles. The summed E-state index contributed by atoms with van der Waals surface area (Å²) in [5.74, 6) is 1.69. The Morgan fingerprint density at radius 1 is 0.781 bits per heavy atom. The van der Waals surface area contributed by atoms with Crippen LogP contribution in [0.3, 0.4) is 0 Å². The Balaban J connectivity index is 1.34. The van der Waals surface area contributed by atoms with Crippen LogP contribution in [0.2, 0.25) is 0 Å². The first kappa shape index (κ1) is 21.2. The number of rotatable bonds is 4. The quantitative estimate of drug-likeness (QED) is 0.605. The van der Waals surface area contributed by atoms with Crippen molar-refractivity contribution >= 4 is 32.6 Å². The molecule has 2 saturated heterocycles. The first-order valence-corrected chi connectivity index (χ1v) is 12.8. The SMILES string of the molecule is Cc1cc(N2CCCCC2)nc(N2CCN(S(=O)(=O)c3cccc4ccccc34)CC2)n1. The third-order valence-electron chi connectivity index (χ3n) is 6.40. The molecule has 1 aromatic heterocycles. The smallest absolute Gasteiger partial charge is 0.243 e. The van der Waals surface area contributed by atoms with Crippen molar-refractivity contribution in [1.29, 1.82) is 0 Å². The van der Waals surface area contributed by atoms with E-state index in [1.54, 1.807) is 10.4 Å². The zero-order valence-corrected chi connectivity index (χ0v) is 19.3. The Kier molecular flexibility index (Phi) is 5.73. The van der Waals surface area contributed by atoms with Gasteiger partial charge in [0, 0.05) is 56.4 Å². The highest BCUT2D eigenvalue weighted by atomic mass is 32.2. The van der Waals surface area contributed by atoms with Crippen LogP contribution in [0, 0.1) is 6.92 Å². The number of hydrogen-bond acceptors (Lipinski definition) is 6. The predicted octanol–water partition coefficient (Wildman–Crippen LogP) is 3.44. The van der Waals surface area contributed by atoms with Gasteiger partial charge in [-0.2, -0.15) is 9.29 Å². The van der Waals surface area contributed by atoms with E-state index in [1.165, 1.54) is 19.3 Å². The van der Waals surface area contributed by atoms with Crippen LogP contribution in [-0.2, 0) is 10.0 Å². The number of sulfonamides is 1. The van der Waals surface area contributed by atoms with Gasteiger partial charge in [-0.05, 0) is 37.6 Å². The van der Waals surface area contributed by atoms with Crippen molar-refractivity contribution in [2.75, 3.05) is 49.1 Å². The lowest BCUT2D eigenvalue weighted by atomic mass is 10.1. The van der Waals surface area contributed by atoms with Gasteiger partial charge < -0.3 is 9.80 Å². The first-order valence-electron chi connectivity index (χ1n) is 11.4. The van der Waals surface area contributed by atoms with Gasteiger partial charge in [0.15, 0.2) is 0 Å². The number of aromatic nitrogens is 2. The van der Waals surface area contributed by atoms with Gasteiger partial charge in [0.1, 0.15) is 5.82 Å². The number of nitrogens with zero attached hydrogens (tertiary/aromatic N) is 5. The molecule has 3 heterocycles. The summed E-state index contributed by atoms with van der Waals surface area (Å²) in [6.45, 7) is 6.06. The highest BCUT2D eigenvalue weighted by Crippen LogP contribution is 2.27. The van der Waals surface area contributed by atoms with E-state index in [-0.39, 0.29) is 0 Å². The highest BCUT2D eigenvalue weighted by Gasteiger charge is 2.30. The molecule has 0 radical (unpaired) electrons. The van der Waals surface area contributed by atoms with Gasteiger partial charge in [-0.25, -0.2) is 13.4 Å². The fraction of sp³-hybridized carbons (Fsp3) is 0.417. The van der Waals surface area contributed by atoms with E-state index < -0.39 is 10.0 Å². The monoisotopic (exact) mass is 451 g/mol. The van der Waals surface area contributed by atoms with Crippen molar-refractivity contribution in [2.45, 2.75) is 31.1 Å². The molecule has 2 aromatic carbocycles. The van der Waals surface area contributed by atoms with Crippen molar-refractivity contribution in [1.82, 2.24) is 14.3 Å². The van der Waals surface area contributed by atoms with Crippen molar-refractivity contribution < 1.29 is 8.42 Å². The van der Waals surface area contributed by atoms with E-state index in [2.05, 4.69) is 20.9 Å². The number of piperazine rings is 1. The van der Waals surface area contributed by atoms with Gasteiger partial charge in [0.2, 0.25) is 16.0 Å². The van der Waals surface area contributed by atoms with Crippen LogP contribution in [0.15, 0.2) is 53.4 Å². The lowest BCUT2D eigenvalue weighted by Gasteiger charge is -2.35. The van der Waals surface area contributed by atoms with E-state index in [4.69, 9.17) is 4.98 Å². The van der Waals surface area contributed by atoms with Gasteiger partial charge in [-0.15, -0.1) is 0 Å². The van der Waals surface area contributed by atoms with E-state index >= 15 is 0 Å². The standard InChI is InChI=1S/C24H29N5O2S/c1-19-18-23(27-12-5-2-6-13-27)26-24(25-19)28-14-16-29(17-15-28)32(30,31)22-11-7-9-20-8-3-4-10-21(20)22/h3-4,7-11,18H,2,5-6,12-17H2,1H3. The maximum atomic E-state index is 13.4. The fourth-order valence-corrected chi connectivity index (χ4v) is 6.29. The fourth-order valence-electron chi connectivity index (χ4n) is 4.65. The van der Waals surface area contributed by atoms with Gasteiger partial charge in [0.25, 0.3) is 0 Å². The summed E-state index contributed by atoms with van der Waals surface area (Å²) in [5.41, 5.74) is 0.946. The molecule has 0 amide bonds. The normalized spacial score (nSPS) is 18.3. The highest BCUT2D eigenvalue weighted by molar-refractivity contribution is 7.89. The average Bonchev–Trinajstić information content (AvgIpc) is 2.84. The van der Waals surface area contributed by atoms with E-state index in [1.807, 2.05) is 43.3 Å². The molecule has 8 heteroatoms. The topological polar surface area (TPSA) is 69.6 Å². The number of benzene rings is 2. The van der Waals surface area contributed by atoms with Gasteiger partial charge in [0.05, 0.1) is 4.90 Å². The Hall–Kier alpha value is -2.71. The second kappa shape index (κ2) is 8.67. The minimum atomic E-state index is -3.57. The van der Waals surface area contributed by atoms with Crippen LogP contribution in [-0.4, -0.2) is 62.0 Å². The van der Waals surface area contributed by atoms with E-state index in [0.717, 1.165) is 35.4 Å². The molecule has 2 aliphatic heterocycles. The summed E-state index contributed by atoms with van der Waals surface area (Å²) in [6, 6.07) is 15.2. The molecular weight excluding hydrogens is 422 g/mol.